The average molecular weight is 745 g/mol. The fraction of sp³-hybridized carbons (Fsp3) is 0.452. The number of aromatic carboxylic acids is 1. The quantitative estimate of drug-likeness (QED) is 0.0808. The van der Waals surface area contributed by atoms with Gasteiger partial charge in [-0.25, -0.2) is 9.59 Å². The number of hydrogen-bond donors (Lipinski definition) is 2. The van der Waals surface area contributed by atoms with E-state index < -0.39 is 32.1 Å². The molecule has 0 bridgehead atoms. The number of unbranched alkanes of at least 4 members (excludes halogenated alkanes) is 3. The van der Waals surface area contributed by atoms with Crippen molar-refractivity contribution in [2.24, 2.45) is 0 Å². The van der Waals surface area contributed by atoms with Gasteiger partial charge >= 0.3 is 12.1 Å². The van der Waals surface area contributed by atoms with Gasteiger partial charge < -0.3 is 33.6 Å². The van der Waals surface area contributed by atoms with Crippen molar-refractivity contribution in [3.8, 4) is 11.5 Å². The van der Waals surface area contributed by atoms with Gasteiger partial charge in [-0.1, -0.05) is 76.1 Å². The predicted molar refractivity (Wildman–Crippen MR) is 212 cm³/mol. The van der Waals surface area contributed by atoms with Gasteiger partial charge in [-0.3, -0.25) is 4.79 Å². The summed E-state index contributed by atoms with van der Waals surface area (Å²) in [5, 5.41) is 9.92. The first-order chi connectivity index (χ1) is 24.9. The number of fused-ring (bicyclic) bond motifs is 1. The van der Waals surface area contributed by atoms with E-state index in [0.29, 0.717) is 36.8 Å². The number of carbonyl (C=O) groups is 2. The molecule has 0 unspecified atom stereocenters. The molecule has 1 atom stereocenters. The van der Waals surface area contributed by atoms with Crippen LogP contribution >= 0.6 is 0 Å². The Labute approximate surface area is 314 Å². The van der Waals surface area contributed by atoms with Gasteiger partial charge in [-0.2, -0.15) is 0 Å². The fourth-order valence-corrected chi connectivity index (χ4v) is 6.83. The van der Waals surface area contributed by atoms with Crippen LogP contribution in [-0.2, 0) is 15.8 Å². The van der Waals surface area contributed by atoms with E-state index in [1.54, 1.807) is 23.1 Å². The van der Waals surface area contributed by atoms with E-state index in [1.807, 2.05) is 63.2 Å². The smallest absolute Gasteiger partial charge is 0.410 e. The number of amides is 1. The first-order valence-corrected chi connectivity index (χ1v) is 21.3. The number of rotatable bonds is 17. The van der Waals surface area contributed by atoms with Gasteiger partial charge in [0.2, 0.25) is 5.56 Å². The Morgan fingerprint density at radius 2 is 1.57 bits per heavy atom. The van der Waals surface area contributed by atoms with Crippen molar-refractivity contribution in [1.82, 2.24) is 9.88 Å². The molecule has 11 heteroatoms. The number of aromatic amines is 1. The molecule has 10 nitrogen and oxygen atoms in total. The number of benzene rings is 3. The zero-order valence-electron chi connectivity index (χ0n) is 32.5. The van der Waals surface area contributed by atoms with Crippen LogP contribution in [0.3, 0.4) is 0 Å². The molecule has 0 fully saturated rings. The third-order valence-corrected chi connectivity index (χ3v) is 13.9. The highest BCUT2D eigenvalue weighted by Gasteiger charge is 2.41. The summed E-state index contributed by atoms with van der Waals surface area (Å²) < 4.78 is 25.1. The Kier molecular flexibility index (Phi) is 13.9. The van der Waals surface area contributed by atoms with Crippen LogP contribution in [0.2, 0.25) is 18.1 Å². The van der Waals surface area contributed by atoms with Crippen molar-refractivity contribution in [3.05, 3.63) is 106 Å². The zero-order chi connectivity index (χ0) is 38.8. The van der Waals surface area contributed by atoms with E-state index in [4.69, 9.17) is 18.6 Å². The normalized spacial score (nSPS) is 12.7. The maximum absolute atomic E-state index is 13.8. The summed E-state index contributed by atoms with van der Waals surface area (Å²) >= 11 is 0. The minimum absolute atomic E-state index is 0.109. The molecule has 0 saturated carbocycles. The summed E-state index contributed by atoms with van der Waals surface area (Å²) in [6.07, 6.45) is 2.31. The third kappa shape index (κ3) is 12.2. The van der Waals surface area contributed by atoms with Crippen LogP contribution in [0.5, 0.6) is 11.5 Å². The lowest BCUT2D eigenvalue weighted by molar-refractivity contribution is 0.0153. The molecule has 1 aromatic heterocycles. The van der Waals surface area contributed by atoms with Crippen LogP contribution in [0.25, 0.3) is 10.9 Å². The number of carbonyl (C=O) groups excluding carboxylic acids is 1. The monoisotopic (exact) mass is 744 g/mol. The number of H-pyrrole nitrogens is 1. The average Bonchev–Trinajstić information content (AvgIpc) is 3.08. The van der Waals surface area contributed by atoms with Gasteiger partial charge in [0, 0.05) is 18.0 Å². The first kappa shape index (κ1) is 41.1. The van der Waals surface area contributed by atoms with Crippen LogP contribution in [0.4, 0.5) is 4.79 Å². The van der Waals surface area contributed by atoms with E-state index >= 15 is 0 Å². The van der Waals surface area contributed by atoms with E-state index in [0.717, 1.165) is 42.2 Å². The van der Waals surface area contributed by atoms with Crippen LogP contribution in [0, 0.1) is 0 Å². The number of nitrogens with zero attached hydrogens (tertiary/aromatic N) is 1. The van der Waals surface area contributed by atoms with E-state index in [-0.39, 0.29) is 22.7 Å². The largest absolute Gasteiger partial charge is 0.494 e. The molecule has 0 radical (unpaired) electrons. The highest BCUT2D eigenvalue weighted by molar-refractivity contribution is 6.74. The second-order valence-electron chi connectivity index (χ2n) is 15.9. The summed E-state index contributed by atoms with van der Waals surface area (Å²) in [4.78, 5) is 42.5. The van der Waals surface area contributed by atoms with Gasteiger partial charge in [0.05, 0.1) is 30.3 Å². The van der Waals surface area contributed by atoms with Crippen molar-refractivity contribution in [3.63, 3.8) is 0 Å². The minimum atomic E-state index is -2.39. The molecular formula is C42H56N2O8Si. The van der Waals surface area contributed by atoms with E-state index in [1.165, 1.54) is 18.2 Å². The van der Waals surface area contributed by atoms with Crippen LogP contribution in [0.1, 0.15) is 94.8 Å². The summed E-state index contributed by atoms with van der Waals surface area (Å²) in [5.41, 5.74) is 1.70. The van der Waals surface area contributed by atoms with Crippen LogP contribution in [-0.4, -0.2) is 60.7 Å². The molecule has 1 amide bonds. The van der Waals surface area contributed by atoms with Crippen molar-refractivity contribution < 1.29 is 33.3 Å². The molecule has 0 aliphatic carbocycles. The summed E-state index contributed by atoms with van der Waals surface area (Å²) in [6.45, 7) is 18.0. The number of ether oxygens (including phenoxy) is 3. The predicted octanol–water partition coefficient (Wildman–Crippen LogP) is 9.74. The number of carboxylic acids is 1. The Bertz CT molecular complexity index is 1880. The maximum Gasteiger partial charge on any atom is 0.410 e. The molecule has 4 rings (SSSR count). The molecule has 286 valence electrons. The number of pyridine rings is 1. The standard InChI is InChI=1S/C42H56N2O8Si/c1-41(2,3)51-40(48)44(25-14-9-10-15-26-49-32-20-16-19-31(27-32)39(46)47)28-36(52-53(7,8)42(4,5)6)33-21-23-35(38-34(33)22-24-37(45)43-38)50-29-30-17-12-11-13-18-30/h11-13,16-24,27,36H,9-10,14-15,25-26,28-29H2,1-8H3,(H,43,45)(H,46,47)/t36-/m0/s1. The highest BCUT2D eigenvalue weighted by atomic mass is 28.4. The molecule has 4 aromatic rings. The summed E-state index contributed by atoms with van der Waals surface area (Å²) in [7, 11) is -2.39. The molecular weight excluding hydrogens is 689 g/mol. The molecule has 0 saturated heterocycles. The van der Waals surface area contributed by atoms with Crippen molar-refractivity contribution in [1.29, 1.82) is 0 Å². The Hall–Kier alpha value is -4.61. The van der Waals surface area contributed by atoms with E-state index in [2.05, 4.69) is 38.8 Å². The molecule has 0 aliphatic rings. The summed E-state index contributed by atoms with van der Waals surface area (Å²) in [5.74, 6) is 0.0926. The molecule has 3 aromatic carbocycles. The van der Waals surface area contributed by atoms with Gasteiger partial charge in [0.25, 0.3) is 0 Å². The highest BCUT2D eigenvalue weighted by Crippen LogP contribution is 2.42. The number of hydrogen-bond acceptors (Lipinski definition) is 7. The third-order valence-electron chi connectivity index (χ3n) is 9.43. The zero-order valence-corrected chi connectivity index (χ0v) is 33.5. The van der Waals surface area contributed by atoms with Gasteiger partial charge in [-0.05, 0) is 93.2 Å². The minimum Gasteiger partial charge on any atom is -0.494 e. The lowest BCUT2D eigenvalue weighted by atomic mass is 10.0. The van der Waals surface area contributed by atoms with Gasteiger partial charge in [0.1, 0.15) is 23.7 Å². The van der Waals surface area contributed by atoms with Crippen molar-refractivity contribution in [2.45, 2.75) is 104 Å². The molecule has 1 heterocycles. The SMILES string of the molecule is CC(C)(C)OC(=O)N(CCCCCCOc1cccc(C(=O)O)c1)C[C@H](O[Si](C)(C)C(C)(C)C)c1ccc(OCc2ccccc2)c2[nH]c(=O)ccc12. The topological polar surface area (TPSA) is 127 Å². The number of nitrogens with one attached hydrogen (secondary N) is 1. The van der Waals surface area contributed by atoms with Crippen molar-refractivity contribution in [2.75, 3.05) is 19.7 Å². The molecule has 0 spiro atoms. The Balaban J connectivity index is 1.56. The maximum atomic E-state index is 13.8. The van der Waals surface area contributed by atoms with E-state index in [9.17, 15) is 19.5 Å². The molecule has 2 N–H and O–H groups in total. The fourth-order valence-electron chi connectivity index (χ4n) is 5.57. The number of carboxylic acid groups (broad SMARTS) is 1. The summed E-state index contributed by atoms with van der Waals surface area (Å²) in [6, 6.07) is 23.5. The lowest BCUT2D eigenvalue weighted by Gasteiger charge is -2.41. The van der Waals surface area contributed by atoms with Gasteiger partial charge in [0.15, 0.2) is 8.32 Å². The molecule has 0 aliphatic heterocycles. The van der Waals surface area contributed by atoms with Crippen LogP contribution in [0.15, 0.2) is 83.7 Å². The van der Waals surface area contributed by atoms with Gasteiger partial charge in [-0.15, -0.1) is 0 Å². The Morgan fingerprint density at radius 3 is 2.25 bits per heavy atom. The number of aromatic nitrogens is 1. The first-order valence-electron chi connectivity index (χ1n) is 18.4. The van der Waals surface area contributed by atoms with Crippen molar-refractivity contribution >= 4 is 31.3 Å². The lowest BCUT2D eigenvalue weighted by Crippen LogP contribution is -2.46. The second-order valence-corrected chi connectivity index (χ2v) is 20.7. The van der Waals surface area contributed by atoms with Crippen LogP contribution < -0.4 is 15.0 Å². The molecule has 53 heavy (non-hydrogen) atoms. The second kappa shape index (κ2) is 17.9. The Morgan fingerprint density at radius 1 is 0.849 bits per heavy atom.